The topological polar surface area (TPSA) is 42.9 Å². The molecule has 0 bridgehead atoms. The van der Waals surface area contributed by atoms with Crippen LogP contribution in [0.3, 0.4) is 0 Å². The number of benzene rings is 2. The SMILES string of the molecule is C=C/C(=C\C=C\C(=O)c1ccccc1)c1nc(Cl)c2ccccc2n1. The van der Waals surface area contributed by atoms with Crippen molar-refractivity contribution >= 4 is 33.9 Å². The number of fused-ring (bicyclic) bond motifs is 1. The van der Waals surface area contributed by atoms with Gasteiger partial charge in [-0.25, -0.2) is 9.97 Å². The number of ketones is 1. The minimum Gasteiger partial charge on any atom is -0.289 e. The molecule has 25 heavy (non-hydrogen) atoms. The summed E-state index contributed by atoms with van der Waals surface area (Å²) in [5.41, 5.74) is 2.08. The van der Waals surface area contributed by atoms with Crippen LogP contribution >= 0.6 is 11.6 Å². The van der Waals surface area contributed by atoms with Crippen LogP contribution in [0.2, 0.25) is 5.15 Å². The molecule has 0 amide bonds. The van der Waals surface area contributed by atoms with Gasteiger partial charge in [-0.2, -0.15) is 0 Å². The first-order chi connectivity index (χ1) is 12.2. The molecular formula is C21H15ClN2O. The maximum atomic E-state index is 12.1. The summed E-state index contributed by atoms with van der Waals surface area (Å²) in [5.74, 6) is 0.397. The van der Waals surface area contributed by atoms with E-state index in [9.17, 15) is 4.79 Å². The van der Waals surface area contributed by atoms with Gasteiger partial charge in [0.05, 0.1) is 5.52 Å². The van der Waals surface area contributed by atoms with Crippen molar-refractivity contribution in [2.45, 2.75) is 0 Å². The first-order valence-electron chi connectivity index (χ1n) is 7.72. The van der Waals surface area contributed by atoms with Crippen molar-refractivity contribution in [3.05, 3.63) is 102 Å². The second kappa shape index (κ2) is 7.69. The van der Waals surface area contributed by atoms with E-state index in [4.69, 9.17) is 11.6 Å². The van der Waals surface area contributed by atoms with Crippen molar-refractivity contribution in [1.29, 1.82) is 0 Å². The fourth-order valence-corrected chi connectivity index (χ4v) is 2.58. The zero-order valence-corrected chi connectivity index (χ0v) is 14.1. The maximum absolute atomic E-state index is 12.1. The summed E-state index contributed by atoms with van der Waals surface area (Å²) < 4.78 is 0. The van der Waals surface area contributed by atoms with Crippen molar-refractivity contribution in [2.24, 2.45) is 0 Å². The Morgan fingerprint density at radius 1 is 1.00 bits per heavy atom. The second-order valence-electron chi connectivity index (χ2n) is 5.27. The Hall–Kier alpha value is -3.04. The highest BCUT2D eigenvalue weighted by molar-refractivity contribution is 6.34. The molecule has 0 aliphatic carbocycles. The average Bonchev–Trinajstić information content (AvgIpc) is 2.66. The Morgan fingerprint density at radius 3 is 2.48 bits per heavy atom. The highest BCUT2D eigenvalue weighted by Gasteiger charge is 2.07. The van der Waals surface area contributed by atoms with Crippen LogP contribution in [0.4, 0.5) is 0 Å². The number of halogens is 1. The van der Waals surface area contributed by atoms with Gasteiger partial charge in [-0.05, 0) is 18.2 Å². The fourth-order valence-electron chi connectivity index (χ4n) is 2.34. The molecule has 0 aliphatic heterocycles. The summed E-state index contributed by atoms with van der Waals surface area (Å²) in [7, 11) is 0. The van der Waals surface area contributed by atoms with E-state index in [1.165, 1.54) is 6.08 Å². The van der Waals surface area contributed by atoms with Crippen molar-refractivity contribution < 1.29 is 4.79 Å². The normalized spacial score (nSPS) is 11.8. The van der Waals surface area contributed by atoms with Crippen LogP contribution in [0.15, 0.2) is 85.5 Å². The van der Waals surface area contributed by atoms with Crippen molar-refractivity contribution in [3.63, 3.8) is 0 Å². The summed E-state index contributed by atoms with van der Waals surface area (Å²) in [6.45, 7) is 3.79. The molecular weight excluding hydrogens is 332 g/mol. The van der Waals surface area contributed by atoms with E-state index in [1.807, 2.05) is 42.5 Å². The molecule has 2 aromatic carbocycles. The first-order valence-corrected chi connectivity index (χ1v) is 8.09. The number of hydrogen-bond donors (Lipinski definition) is 0. The Bertz CT molecular complexity index is 991. The second-order valence-corrected chi connectivity index (χ2v) is 5.63. The van der Waals surface area contributed by atoms with E-state index >= 15 is 0 Å². The number of rotatable bonds is 5. The summed E-state index contributed by atoms with van der Waals surface area (Å²) in [4.78, 5) is 20.9. The number of aromatic nitrogens is 2. The van der Waals surface area contributed by atoms with E-state index in [0.717, 1.165) is 10.9 Å². The number of carbonyl (C=O) groups excluding carboxylic acids is 1. The molecule has 3 nitrogen and oxygen atoms in total. The molecule has 1 aromatic heterocycles. The molecule has 0 saturated carbocycles. The summed E-state index contributed by atoms with van der Waals surface area (Å²) in [5, 5.41) is 1.18. The van der Waals surface area contributed by atoms with E-state index < -0.39 is 0 Å². The predicted molar refractivity (Wildman–Crippen MR) is 103 cm³/mol. The number of nitrogens with zero attached hydrogens (tertiary/aromatic N) is 2. The smallest absolute Gasteiger partial charge is 0.185 e. The van der Waals surface area contributed by atoms with Gasteiger partial charge in [-0.3, -0.25) is 4.79 Å². The van der Waals surface area contributed by atoms with Gasteiger partial charge in [-0.1, -0.05) is 78.9 Å². The zero-order valence-electron chi connectivity index (χ0n) is 13.4. The summed E-state index contributed by atoms with van der Waals surface area (Å²) >= 11 is 6.24. The Balaban J connectivity index is 1.89. The lowest BCUT2D eigenvalue weighted by molar-refractivity contribution is 0.104. The first kappa shape index (κ1) is 16.8. The van der Waals surface area contributed by atoms with Crippen LogP contribution in [-0.2, 0) is 0 Å². The van der Waals surface area contributed by atoms with E-state index in [1.54, 1.807) is 30.4 Å². The van der Waals surface area contributed by atoms with Crippen molar-refractivity contribution in [3.8, 4) is 0 Å². The number of allylic oxidation sites excluding steroid dienone is 5. The van der Waals surface area contributed by atoms with E-state index in [2.05, 4.69) is 16.5 Å². The van der Waals surface area contributed by atoms with Gasteiger partial charge in [0.1, 0.15) is 5.15 Å². The van der Waals surface area contributed by atoms with Gasteiger partial charge in [0.2, 0.25) is 0 Å². The molecule has 0 unspecified atom stereocenters. The van der Waals surface area contributed by atoms with Crippen LogP contribution in [0.25, 0.3) is 16.5 Å². The van der Waals surface area contributed by atoms with Gasteiger partial charge in [0, 0.05) is 16.5 Å². The average molecular weight is 347 g/mol. The standard InChI is InChI=1S/C21H15ClN2O/c1-2-15(11-8-14-19(25)16-9-4-3-5-10-16)21-23-18-13-7-6-12-17(18)20(22)24-21/h2-14H,1H2/b14-8+,15-11+. The lowest BCUT2D eigenvalue weighted by Crippen LogP contribution is -1.95. The highest BCUT2D eigenvalue weighted by atomic mass is 35.5. The van der Waals surface area contributed by atoms with Crippen molar-refractivity contribution in [1.82, 2.24) is 9.97 Å². The molecule has 3 aromatic rings. The van der Waals surface area contributed by atoms with Crippen LogP contribution in [-0.4, -0.2) is 15.8 Å². The van der Waals surface area contributed by atoms with E-state index in [-0.39, 0.29) is 5.78 Å². The highest BCUT2D eigenvalue weighted by Crippen LogP contribution is 2.23. The molecule has 4 heteroatoms. The molecule has 0 radical (unpaired) electrons. The molecule has 0 saturated heterocycles. The van der Waals surface area contributed by atoms with Gasteiger partial charge < -0.3 is 0 Å². The van der Waals surface area contributed by atoms with Crippen LogP contribution in [0.1, 0.15) is 16.2 Å². The van der Waals surface area contributed by atoms with Gasteiger partial charge in [-0.15, -0.1) is 0 Å². The van der Waals surface area contributed by atoms with Gasteiger partial charge in [0.25, 0.3) is 0 Å². The van der Waals surface area contributed by atoms with E-state index in [0.29, 0.717) is 22.1 Å². The fraction of sp³-hybridized carbons (Fsp3) is 0. The Labute approximate surface area is 151 Å². The predicted octanol–water partition coefficient (Wildman–Crippen LogP) is 5.29. The zero-order chi connectivity index (χ0) is 17.6. The number of para-hydroxylation sites is 1. The molecule has 0 fully saturated rings. The Kier molecular flexibility index (Phi) is 5.17. The van der Waals surface area contributed by atoms with Crippen LogP contribution in [0.5, 0.6) is 0 Å². The number of carbonyl (C=O) groups is 1. The minimum absolute atomic E-state index is 0.0716. The molecule has 3 rings (SSSR count). The Morgan fingerprint density at radius 2 is 1.72 bits per heavy atom. The van der Waals surface area contributed by atoms with Gasteiger partial charge >= 0.3 is 0 Å². The summed E-state index contributed by atoms with van der Waals surface area (Å²) in [6, 6.07) is 16.6. The molecule has 0 N–H and O–H groups in total. The maximum Gasteiger partial charge on any atom is 0.185 e. The molecule has 0 spiro atoms. The molecule has 122 valence electrons. The van der Waals surface area contributed by atoms with Crippen LogP contribution < -0.4 is 0 Å². The molecule has 1 heterocycles. The lowest BCUT2D eigenvalue weighted by Gasteiger charge is -2.04. The number of hydrogen-bond acceptors (Lipinski definition) is 3. The molecule has 0 aliphatic rings. The van der Waals surface area contributed by atoms with Crippen molar-refractivity contribution in [2.75, 3.05) is 0 Å². The lowest BCUT2D eigenvalue weighted by atomic mass is 10.1. The third kappa shape index (κ3) is 3.90. The third-order valence-corrected chi connectivity index (χ3v) is 3.90. The third-order valence-electron chi connectivity index (χ3n) is 3.62. The van der Waals surface area contributed by atoms with Crippen LogP contribution in [0, 0.1) is 0 Å². The largest absolute Gasteiger partial charge is 0.289 e. The quantitative estimate of drug-likeness (QED) is 0.273. The van der Waals surface area contributed by atoms with Gasteiger partial charge in [0.15, 0.2) is 11.6 Å². The minimum atomic E-state index is -0.0716. The monoisotopic (exact) mass is 346 g/mol. The summed E-state index contributed by atoms with van der Waals surface area (Å²) in [6.07, 6.45) is 6.55. The molecule has 0 atom stereocenters.